The number of likely N-dealkylation sites (N-methyl/N-ethyl adjacent to an activating group) is 1. The van der Waals surface area contributed by atoms with Gasteiger partial charge in [0, 0.05) is 6.54 Å². The highest BCUT2D eigenvalue weighted by Crippen LogP contribution is 2.16. The van der Waals surface area contributed by atoms with Gasteiger partial charge in [-0.05, 0) is 33.0 Å². The lowest BCUT2D eigenvalue weighted by atomic mass is 10.2. The van der Waals surface area contributed by atoms with E-state index in [1.54, 1.807) is 0 Å². The van der Waals surface area contributed by atoms with Gasteiger partial charge in [-0.2, -0.15) is 0 Å². The van der Waals surface area contributed by atoms with Crippen LogP contribution in [0.5, 0.6) is 0 Å². The maximum absolute atomic E-state index is 2.30. The normalized spacial score (nSPS) is 17.6. The minimum absolute atomic E-state index is 1.08. The SMILES string of the molecule is CC1=CC(CN(C)C)=CC1. The van der Waals surface area contributed by atoms with Crippen molar-refractivity contribution in [1.29, 1.82) is 0 Å². The summed E-state index contributed by atoms with van der Waals surface area (Å²) < 4.78 is 0. The average molecular weight is 137 g/mol. The van der Waals surface area contributed by atoms with Crippen LogP contribution >= 0.6 is 0 Å². The maximum atomic E-state index is 2.30. The summed E-state index contributed by atoms with van der Waals surface area (Å²) in [6.45, 7) is 3.26. The molecule has 0 saturated heterocycles. The number of allylic oxidation sites excluding steroid dienone is 2. The molecular weight excluding hydrogens is 122 g/mol. The average Bonchev–Trinajstić information content (AvgIpc) is 2.13. The molecule has 0 spiro atoms. The minimum Gasteiger partial charge on any atom is -0.305 e. The number of hydrogen-bond donors (Lipinski definition) is 0. The Balaban J connectivity index is 2.44. The molecule has 0 saturated carbocycles. The van der Waals surface area contributed by atoms with Crippen molar-refractivity contribution in [2.24, 2.45) is 0 Å². The summed E-state index contributed by atoms with van der Waals surface area (Å²) >= 11 is 0. The zero-order valence-electron chi connectivity index (χ0n) is 7.02. The van der Waals surface area contributed by atoms with E-state index in [4.69, 9.17) is 0 Å². The van der Waals surface area contributed by atoms with Crippen LogP contribution in [-0.4, -0.2) is 25.5 Å². The van der Waals surface area contributed by atoms with E-state index in [1.807, 2.05) is 0 Å². The van der Waals surface area contributed by atoms with E-state index in [9.17, 15) is 0 Å². The molecule has 0 fully saturated rings. The zero-order chi connectivity index (χ0) is 7.56. The third-order valence-corrected chi connectivity index (χ3v) is 1.62. The van der Waals surface area contributed by atoms with Crippen LogP contribution in [0.25, 0.3) is 0 Å². The molecule has 56 valence electrons. The second-order valence-electron chi connectivity index (χ2n) is 3.21. The molecule has 0 aromatic rings. The van der Waals surface area contributed by atoms with Crippen molar-refractivity contribution in [1.82, 2.24) is 4.90 Å². The van der Waals surface area contributed by atoms with E-state index in [-0.39, 0.29) is 0 Å². The van der Waals surface area contributed by atoms with E-state index in [0.717, 1.165) is 13.0 Å². The van der Waals surface area contributed by atoms with Crippen molar-refractivity contribution in [3.05, 3.63) is 23.3 Å². The van der Waals surface area contributed by atoms with Gasteiger partial charge in [-0.25, -0.2) is 0 Å². The molecule has 0 heterocycles. The second kappa shape index (κ2) is 3.02. The van der Waals surface area contributed by atoms with Crippen LogP contribution in [0.2, 0.25) is 0 Å². The second-order valence-corrected chi connectivity index (χ2v) is 3.21. The first-order chi connectivity index (χ1) is 4.68. The summed E-state index contributed by atoms with van der Waals surface area (Å²) in [6, 6.07) is 0. The van der Waals surface area contributed by atoms with Gasteiger partial charge in [0.1, 0.15) is 0 Å². The highest BCUT2D eigenvalue weighted by molar-refractivity contribution is 5.32. The first kappa shape index (κ1) is 7.55. The molecule has 0 N–H and O–H groups in total. The molecule has 0 bridgehead atoms. The lowest BCUT2D eigenvalue weighted by Gasteiger charge is -2.07. The van der Waals surface area contributed by atoms with Crippen molar-refractivity contribution >= 4 is 0 Å². The number of hydrogen-bond acceptors (Lipinski definition) is 1. The van der Waals surface area contributed by atoms with Gasteiger partial charge < -0.3 is 4.90 Å². The van der Waals surface area contributed by atoms with Crippen molar-refractivity contribution in [2.75, 3.05) is 20.6 Å². The topological polar surface area (TPSA) is 3.24 Å². The van der Waals surface area contributed by atoms with Crippen LogP contribution in [0.1, 0.15) is 13.3 Å². The van der Waals surface area contributed by atoms with E-state index >= 15 is 0 Å². The van der Waals surface area contributed by atoms with Crippen molar-refractivity contribution in [2.45, 2.75) is 13.3 Å². The Morgan fingerprint density at radius 3 is 2.60 bits per heavy atom. The van der Waals surface area contributed by atoms with Gasteiger partial charge in [-0.1, -0.05) is 17.7 Å². The fraction of sp³-hybridized carbons (Fsp3) is 0.556. The largest absolute Gasteiger partial charge is 0.305 e. The summed E-state index contributed by atoms with van der Waals surface area (Å²) in [5.74, 6) is 0. The van der Waals surface area contributed by atoms with Crippen molar-refractivity contribution < 1.29 is 0 Å². The van der Waals surface area contributed by atoms with Crippen LogP contribution in [-0.2, 0) is 0 Å². The highest BCUT2D eigenvalue weighted by Gasteiger charge is 2.02. The Bertz CT molecular complexity index is 175. The maximum Gasteiger partial charge on any atom is 0.0224 e. The molecule has 0 aliphatic heterocycles. The van der Waals surface area contributed by atoms with E-state index < -0.39 is 0 Å². The smallest absolute Gasteiger partial charge is 0.0224 e. The molecule has 0 aromatic heterocycles. The standard InChI is InChI=1S/C9H15N/c1-8-4-5-9(6-8)7-10(2)3/h5-6H,4,7H2,1-3H3. The molecule has 1 heteroatoms. The molecule has 1 nitrogen and oxygen atoms in total. The monoisotopic (exact) mass is 137 g/mol. The van der Waals surface area contributed by atoms with Crippen LogP contribution in [0.4, 0.5) is 0 Å². The summed E-state index contributed by atoms with van der Waals surface area (Å²) in [5.41, 5.74) is 2.94. The fourth-order valence-corrected chi connectivity index (χ4v) is 1.20. The molecule has 1 aliphatic rings. The van der Waals surface area contributed by atoms with Gasteiger partial charge >= 0.3 is 0 Å². The Labute approximate surface area is 63.0 Å². The Kier molecular flexibility index (Phi) is 2.28. The van der Waals surface area contributed by atoms with Gasteiger partial charge in [-0.15, -0.1) is 0 Å². The van der Waals surface area contributed by atoms with Gasteiger partial charge in [-0.3, -0.25) is 0 Å². The lowest BCUT2D eigenvalue weighted by molar-refractivity contribution is 0.449. The summed E-state index contributed by atoms with van der Waals surface area (Å²) in [6.07, 6.45) is 5.73. The predicted molar refractivity (Wildman–Crippen MR) is 45.0 cm³/mol. The summed E-state index contributed by atoms with van der Waals surface area (Å²) in [5, 5.41) is 0. The van der Waals surface area contributed by atoms with Gasteiger partial charge in [0.2, 0.25) is 0 Å². The van der Waals surface area contributed by atoms with Crippen molar-refractivity contribution in [3.63, 3.8) is 0 Å². The first-order valence-corrected chi connectivity index (χ1v) is 3.69. The zero-order valence-corrected chi connectivity index (χ0v) is 7.02. The lowest BCUT2D eigenvalue weighted by Crippen LogP contribution is -2.13. The quantitative estimate of drug-likeness (QED) is 0.561. The Morgan fingerprint density at radius 1 is 1.50 bits per heavy atom. The molecule has 0 radical (unpaired) electrons. The minimum atomic E-state index is 1.08. The highest BCUT2D eigenvalue weighted by atomic mass is 15.0. The predicted octanol–water partition coefficient (Wildman–Crippen LogP) is 1.82. The first-order valence-electron chi connectivity index (χ1n) is 3.69. The van der Waals surface area contributed by atoms with Gasteiger partial charge in [0.15, 0.2) is 0 Å². The van der Waals surface area contributed by atoms with Crippen LogP contribution in [0.3, 0.4) is 0 Å². The molecule has 0 atom stereocenters. The molecule has 1 aliphatic carbocycles. The Hall–Kier alpha value is -0.560. The van der Waals surface area contributed by atoms with E-state index in [2.05, 4.69) is 38.1 Å². The summed E-state index contributed by atoms with van der Waals surface area (Å²) in [4.78, 5) is 2.20. The van der Waals surface area contributed by atoms with Crippen LogP contribution in [0, 0.1) is 0 Å². The molecule has 0 unspecified atom stereocenters. The van der Waals surface area contributed by atoms with Gasteiger partial charge in [0.05, 0.1) is 0 Å². The molecule has 10 heavy (non-hydrogen) atoms. The van der Waals surface area contributed by atoms with E-state index in [1.165, 1.54) is 11.1 Å². The Morgan fingerprint density at radius 2 is 2.20 bits per heavy atom. The van der Waals surface area contributed by atoms with E-state index in [0.29, 0.717) is 0 Å². The molecule has 0 aromatic carbocycles. The summed E-state index contributed by atoms with van der Waals surface area (Å²) in [7, 11) is 4.20. The van der Waals surface area contributed by atoms with Crippen molar-refractivity contribution in [3.8, 4) is 0 Å². The third-order valence-electron chi connectivity index (χ3n) is 1.62. The fourth-order valence-electron chi connectivity index (χ4n) is 1.20. The molecule has 0 amide bonds. The third kappa shape index (κ3) is 1.99. The van der Waals surface area contributed by atoms with Gasteiger partial charge in [0.25, 0.3) is 0 Å². The number of nitrogens with zero attached hydrogens (tertiary/aromatic N) is 1. The van der Waals surface area contributed by atoms with Crippen LogP contribution < -0.4 is 0 Å². The molecule has 1 rings (SSSR count). The van der Waals surface area contributed by atoms with Crippen LogP contribution in [0.15, 0.2) is 23.3 Å². The molecular formula is C9H15N. The number of rotatable bonds is 2.